The van der Waals surface area contributed by atoms with Crippen molar-refractivity contribution in [3.05, 3.63) is 30.1 Å². The second kappa shape index (κ2) is 4.40. The maximum Gasteiger partial charge on any atom is 0.224 e. The van der Waals surface area contributed by atoms with Gasteiger partial charge in [0.05, 0.1) is 11.7 Å². The van der Waals surface area contributed by atoms with Crippen molar-refractivity contribution in [2.24, 2.45) is 0 Å². The van der Waals surface area contributed by atoms with Crippen LogP contribution in [0, 0.1) is 0 Å². The summed E-state index contributed by atoms with van der Waals surface area (Å²) >= 11 is 0. The van der Waals surface area contributed by atoms with E-state index in [1.807, 2.05) is 25.2 Å². The van der Waals surface area contributed by atoms with Crippen molar-refractivity contribution >= 4 is 5.91 Å². The Labute approximate surface area is 89.3 Å². The minimum absolute atomic E-state index is 0.0589. The number of amides is 1. The molecule has 1 aliphatic heterocycles. The fourth-order valence-electron chi connectivity index (χ4n) is 1.73. The van der Waals surface area contributed by atoms with Crippen LogP contribution in [-0.2, 0) is 4.79 Å². The van der Waals surface area contributed by atoms with Gasteiger partial charge in [0.1, 0.15) is 0 Å². The molecule has 0 radical (unpaired) electrons. The summed E-state index contributed by atoms with van der Waals surface area (Å²) in [4.78, 5) is 17.7. The fraction of sp³-hybridized carbons (Fsp3) is 0.455. The summed E-state index contributed by atoms with van der Waals surface area (Å²) in [5.41, 5.74) is 0.946. The smallest absolute Gasteiger partial charge is 0.224 e. The molecule has 2 rings (SSSR count). The first kappa shape index (κ1) is 10.1. The van der Waals surface area contributed by atoms with Crippen molar-refractivity contribution in [3.63, 3.8) is 0 Å². The highest BCUT2D eigenvalue weighted by Crippen LogP contribution is 2.16. The Bertz CT molecular complexity index is 339. The average molecular weight is 205 g/mol. The van der Waals surface area contributed by atoms with Gasteiger partial charge in [-0.3, -0.25) is 9.78 Å². The first-order valence-electron chi connectivity index (χ1n) is 5.15. The van der Waals surface area contributed by atoms with Crippen molar-refractivity contribution in [3.8, 4) is 0 Å². The van der Waals surface area contributed by atoms with E-state index in [0.717, 1.165) is 18.8 Å². The molecule has 4 nitrogen and oxygen atoms in total. The SMILES string of the molecule is CN1CCNC(c2ccccn2)CC1=O. The lowest BCUT2D eigenvalue weighted by atomic mass is 10.1. The van der Waals surface area contributed by atoms with E-state index >= 15 is 0 Å². The van der Waals surface area contributed by atoms with Crippen LogP contribution in [0.3, 0.4) is 0 Å². The van der Waals surface area contributed by atoms with Gasteiger partial charge in [0.2, 0.25) is 5.91 Å². The molecule has 1 fully saturated rings. The van der Waals surface area contributed by atoms with Gasteiger partial charge in [0.15, 0.2) is 0 Å². The molecule has 1 aromatic heterocycles. The molecule has 1 aromatic rings. The highest BCUT2D eigenvalue weighted by Gasteiger charge is 2.22. The molecule has 1 aliphatic rings. The van der Waals surface area contributed by atoms with Crippen LogP contribution in [0.25, 0.3) is 0 Å². The second-order valence-electron chi connectivity index (χ2n) is 3.78. The predicted molar refractivity (Wildman–Crippen MR) is 57.2 cm³/mol. The topological polar surface area (TPSA) is 45.2 Å². The number of pyridine rings is 1. The summed E-state index contributed by atoms with van der Waals surface area (Å²) in [6.07, 6.45) is 2.25. The third-order valence-corrected chi connectivity index (χ3v) is 2.69. The molecule has 1 unspecified atom stereocenters. The van der Waals surface area contributed by atoms with Crippen LogP contribution in [0.1, 0.15) is 18.2 Å². The zero-order valence-electron chi connectivity index (χ0n) is 8.81. The van der Waals surface area contributed by atoms with Crippen LogP contribution < -0.4 is 5.32 Å². The lowest BCUT2D eigenvalue weighted by molar-refractivity contribution is -0.129. The summed E-state index contributed by atoms with van der Waals surface area (Å²) < 4.78 is 0. The zero-order chi connectivity index (χ0) is 10.7. The normalized spacial score (nSPS) is 22.6. The van der Waals surface area contributed by atoms with E-state index in [0.29, 0.717) is 6.42 Å². The van der Waals surface area contributed by atoms with Crippen LogP contribution >= 0.6 is 0 Å². The highest BCUT2D eigenvalue weighted by atomic mass is 16.2. The Kier molecular flexibility index (Phi) is 2.97. The number of nitrogens with one attached hydrogen (secondary N) is 1. The first-order chi connectivity index (χ1) is 7.27. The maximum atomic E-state index is 11.7. The van der Waals surface area contributed by atoms with Gasteiger partial charge in [-0.05, 0) is 12.1 Å². The minimum Gasteiger partial charge on any atom is -0.344 e. The van der Waals surface area contributed by atoms with Gasteiger partial charge in [-0.2, -0.15) is 0 Å². The van der Waals surface area contributed by atoms with Crippen molar-refractivity contribution in [1.29, 1.82) is 0 Å². The lowest BCUT2D eigenvalue weighted by Gasteiger charge is -2.14. The van der Waals surface area contributed by atoms with Gasteiger partial charge < -0.3 is 10.2 Å². The number of likely N-dealkylation sites (N-methyl/N-ethyl adjacent to an activating group) is 1. The highest BCUT2D eigenvalue weighted by molar-refractivity contribution is 5.77. The van der Waals surface area contributed by atoms with E-state index in [1.165, 1.54) is 0 Å². The number of hydrogen-bond donors (Lipinski definition) is 1. The van der Waals surface area contributed by atoms with Crippen molar-refractivity contribution in [2.75, 3.05) is 20.1 Å². The fourth-order valence-corrected chi connectivity index (χ4v) is 1.73. The Morgan fingerprint density at radius 3 is 3.13 bits per heavy atom. The Balaban J connectivity index is 2.13. The molecule has 1 saturated heterocycles. The number of carbonyl (C=O) groups is 1. The molecular formula is C11H15N3O. The van der Waals surface area contributed by atoms with Crippen LogP contribution in [0.2, 0.25) is 0 Å². The van der Waals surface area contributed by atoms with Crippen LogP contribution in [0.15, 0.2) is 24.4 Å². The molecule has 4 heteroatoms. The van der Waals surface area contributed by atoms with Crippen LogP contribution in [-0.4, -0.2) is 35.9 Å². The van der Waals surface area contributed by atoms with Crippen LogP contribution in [0.5, 0.6) is 0 Å². The van der Waals surface area contributed by atoms with Gasteiger partial charge in [0.25, 0.3) is 0 Å². The van der Waals surface area contributed by atoms with E-state index in [4.69, 9.17) is 0 Å². The predicted octanol–water partition coefficient (Wildman–Crippen LogP) is 0.574. The second-order valence-corrected chi connectivity index (χ2v) is 3.78. The Morgan fingerprint density at radius 2 is 2.40 bits per heavy atom. The maximum absolute atomic E-state index is 11.7. The summed E-state index contributed by atoms with van der Waals surface area (Å²) in [5.74, 6) is 0.177. The molecule has 15 heavy (non-hydrogen) atoms. The number of hydrogen-bond acceptors (Lipinski definition) is 3. The Morgan fingerprint density at radius 1 is 1.53 bits per heavy atom. The van der Waals surface area contributed by atoms with Gasteiger partial charge in [-0.1, -0.05) is 6.07 Å². The molecule has 0 bridgehead atoms. The van der Waals surface area contributed by atoms with Crippen molar-refractivity contribution in [1.82, 2.24) is 15.2 Å². The van der Waals surface area contributed by atoms with Gasteiger partial charge >= 0.3 is 0 Å². The summed E-state index contributed by atoms with van der Waals surface area (Å²) in [6, 6.07) is 5.84. The monoisotopic (exact) mass is 205 g/mol. The molecule has 80 valence electrons. The van der Waals surface area contributed by atoms with E-state index < -0.39 is 0 Å². The molecule has 1 amide bonds. The lowest BCUT2D eigenvalue weighted by Crippen LogP contribution is -2.27. The summed E-state index contributed by atoms with van der Waals surface area (Å²) in [5, 5.41) is 3.33. The number of carbonyl (C=O) groups excluding carboxylic acids is 1. The minimum atomic E-state index is 0.0589. The Hall–Kier alpha value is -1.42. The number of rotatable bonds is 1. The molecule has 1 N–H and O–H groups in total. The van der Waals surface area contributed by atoms with Crippen molar-refractivity contribution < 1.29 is 4.79 Å². The summed E-state index contributed by atoms with van der Waals surface area (Å²) in [7, 11) is 1.84. The van der Waals surface area contributed by atoms with Gasteiger partial charge in [-0.25, -0.2) is 0 Å². The third-order valence-electron chi connectivity index (χ3n) is 2.69. The van der Waals surface area contributed by atoms with E-state index in [9.17, 15) is 4.79 Å². The molecule has 0 aromatic carbocycles. The molecule has 2 heterocycles. The number of nitrogens with zero attached hydrogens (tertiary/aromatic N) is 2. The quantitative estimate of drug-likeness (QED) is 0.729. The molecule has 0 saturated carbocycles. The zero-order valence-corrected chi connectivity index (χ0v) is 8.81. The average Bonchev–Trinajstić information content (AvgIpc) is 2.43. The van der Waals surface area contributed by atoms with Gasteiger partial charge in [0, 0.05) is 32.8 Å². The molecule has 0 aliphatic carbocycles. The molecule has 0 spiro atoms. The van der Waals surface area contributed by atoms with E-state index in [-0.39, 0.29) is 11.9 Å². The van der Waals surface area contributed by atoms with E-state index in [2.05, 4.69) is 10.3 Å². The first-order valence-corrected chi connectivity index (χ1v) is 5.15. The summed E-state index contributed by atoms with van der Waals surface area (Å²) in [6.45, 7) is 1.59. The van der Waals surface area contributed by atoms with E-state index in [1.54, 1.807) is 11.1 Å². The largest absolute Gasteiger partial charge is 0.344 e. The third kappa shape index (κ3) is 2.33. The van der Waals surface area contributed by atoms with Gasteiger partial charge in [-0.15, -0.1) is 0 Å². The number of aromatic nitrogens is 1. The molecule has 1 atom stereocenters. The van der Waals surface area contributed by atoms with Crippen LogP contribution in [0.4, 0.5) is 0 Å². The van der Waals surface area contributed by atoms with Crippen molar-refractivity contribution in [2.45, 2.75) is 12.5 Å². The standard InChI is InChI=1S/C11H15N3O/c1-14-7-6-13-10(8-11(14)15)9-4-2-3-5-12-9/h2-5,10,13H,6-8H2,1H3. The molecular weight excluding hydrogens is 190 g/mol.